The molecule has 5 nitrogen and oxygen atoms in total. The zero-order valence-electron chi connectivity index (χ0n) is 13.1. The summed E-state index contributed by atoms with van der Waals surface area (Å²) in [6.07, 6.45) is 0. The van der Waals surface area contributed by atoms with E-state index in [1.165, 1.54) is 12.1 Å². The quantitative estimate of drug-likeness (QED) is 0.749. The summed E-state index contributed by atoms with van der Waals surface area (Å²) in [6.45, 7) is 1.20. The number of ether oxygens (including phenoxy) is 2. The van der Waals surface area contributed by atoms with Gasteiger partial charge < -0.3 is 19.8 Å². The van der Waals surface area contributed by atoms with Crippen molar-refractivity contribution in [1.82, 2.24) is 10.3 Å². The Bertz CT molecular complexity index is 970. The summed E-state index contributed by atoms with van der Waals surface area (Å²) in [5.41, 5.74) is 1.86. The van der Waals surface area contributed by atoms with E-state index >= 15 is 0 Å². The van der Waals surface area contributed by atoms with Gasteiger partial charge in [0.05, 0.1) is 5.02 Å². The first-order chi connectivity index (χ1) is 12.1. The number of carbonyl (C=O) groups excluding carboxylic acids is 1. The molecule has 3 aromatic rings. The number of rotatable bonds is 3. The number of hydrogen-bond acceptors (Lipinski definition) is 3. The van der Waals surface area contributed by atoms with Gasteiger partial charge in [-0.05, 0) is 42.0 Å². The molecule has 0 aliphatic carbocycles. The fraction of sp³-hybridized carbons (Fsp3) is 0.167. The average Bonchev–Trinajstić information content (AvgIpc) is 3.03. The van der Waals surface area contributed by atoms with Gasteiger partial charge in [-0.2, -0.15) is 0 Å². The highest BCUT2D eigenvalue weighted by molar-refractivity contribution is 6.32. The van der Waals surface area contributed by atoms with Crippen LogP contribution in [0, 0.1) is 5.82 Å². The van der Waals surface area contributed by atoms with Crippen LogP contribution in [0.5, 0.6) is 11.5 Å². The third-order valence-electron chi connectivity index (χ3n) is 3.94. The van der Waals surface area contributed by atoms with Gasteiger partial charge in [0.2, 0.25) is 0 Å². The first-order valence-electron chi connectivity index (χ1n) is 7.74. The summed E-state index contributed by atoms with van der Waals surface area (Å²) < 4.78 is 24.2. The summed E-state index contributed by atoms with van der Waals surface area (Å²) in [4.78, 5) is 15.3. The summed E-state index contributed by atoms with van der Waals surface area (Å²) in [7, 11) is 0. The molecule has 0 fully saturated rings. The van der Waals surface area contributed by atoms with Crippen LogP contribution >= 0.6 is 11.6 Å². The molecule has 25 heavy (non-hydrogen) atoms. The maximum absolute atomic E-state index is 13.2. The number of benzene rings is 2. The highest BCUT2D eigenvalue weighted by atomic mass is 35.5. The van der Waals surface area contributed by atoms with Crippen molar-refractivity contribution in [2.75, 3.05) is 13.2 Å². The largest absolute Gasteiger partial charge is 0.486 e. The van der Waals surface area contributed by atoms with Crippen molar-refractivity contribution in [3.63, 3.8) is 0 Å². The van der Waals surface area contributed by atoms with Gasteiger partial charge in [0, 0.05) is 17.4 Å². The molecular formula is C18H14ClFN2O3. The second-order valence-corrected chi connectivity index (χ2v) is 6.11. The predicted octanol–water partition coefficient (Wildman–Crippen LogP) is 3.66. The van der Waals surface area contributed by atoms with Gasteiger partial charge in [-0.1, -0.05) is 11.6 Å². The molecule has 1 aromatic heterocycles. The van der Waals surface area contributed by atoms with E-state index in [2.05, 4.69) is 10.3 Å². The molecule has 1 aliphatic heterocycles. The van der Waals surface area contributed by atoms with Crippen LogP contribution in [0.3, 0.4) is 0 Å². The van der Waals surface area contributed by atoms with Crippen LogP contribution < -0.4 is 14.8 Å². The van der Waals surface area contributed by atoms with Crippen LogP contribution in [0.25, 0.3) is 10.9 Å². The lowest BCUT2D eigenvalue weighted by Crippen LogP contribution is -2.23. The van der Waals surface area contributed by atoms with E-state index in [0.717, 1.165) is 5.56 Å². The smallest absolute Gasteiger partial charge is 0.267 e. The Hall–Kier alpha value is -2.73. The Morgan fingerprint density at radius 3 is 2.92 bits per heavy atom. The van der Waals surface area contributed by atoms with E-state index in [9.17, 15) is 9.18 Å². The van der Waals surface area contributed by atoms with E-state index in [-0.39, 0.29) is 18.3 Å². The molecule has 2 N–H and O–H groups in total. The van der Waals surface area contributed by atoms with E-state index in [0.29, 0.717) is 46.3 Å². The number of halogens is 2. The fourth-order valence-corrected chi connectivity index (χ4v) is 3.06. The maximum Gasteiger partial charge on any atom is 0.267 e. The molecule has 0 saturated carbocycles. The normalized spacial score (nSPS) is 13.0. The summed E-state index contributed by atoms with van der Waals surface area (Å²) >= 11 is 6.19. The van der Waals surface area contributed by atoms with Gasteiger partial charge in [0.15, 0.2) is 11.5 Å². The van der Waals surface area contributed by atoms with Gasteiger partial charge in [-0.15, -0.1) is 0 Å². The topological polar surface area (TPSA) is 63.4 Å². The molecule has 0 radical (unpaired) electrons. The number of aromatic nitrogens is 1. The number of aromatic amines is 1. The van der Waals surface area contributed by atoms with Crippen LogP contribution in [0.15, 0.2) is 36.4 Å². The monoisotopic (exact) mass is 360 g/mol. The van der Waals surface area contributed by atoms with Crippen molar-refractivity contribution < 1.29 is 18.7 Å². The van der Waals surface area contributed by atoms with Gasteiger partial charge in [0.25, 0.3) is 5.91 Å². The number of amides is 1. The fourth-order valence-electron chi connectivity index (χ4n) is 2.77. The first-order valence-corrected chi connectivity index (χ1v) is 8.12. The van der Waals surface area contributed by atoms with E-state index in [1.54, 1.807) is 24.3 Å². The van der Waals surface area contributed by atoms with Crippen LogP contribution in [0.4, 0.5) is 4.39 Å². The third-order valence-corrected chi connectivity index (χ3v) is 4.22. The lowest BCUT2D eigenvalue weighted by atomic mass is 10.2. The van der Waals surface area contributed by atoms with Crippen LogP contribution in [0.1, 0.15) is 16.1 Å². The van der Waals surface area contributed by atoms with Crippen molar-refractivity contribution >= 4 is 28.4 Å². The number of carbonyl (C=O) groups is 1. The highest BCUT2D eigenvalue weighted by Gasteiger charge is 2.17. The number of hydrogen-bond donors (Lipinski definition) is 2. The Morgan fingerprint density at radius 1 is 1.20 bits per heavy atom. The number of fused-ring (bicyclic) bond motifs is 2. The van der Waals surface area contributed by atoms with Crippen LogP contribution in [-0.2, 0) is 6.54 Å². The molecule has 2 aromatic carbocycles. The van der Waals surface area contributed by atoms with Crippen molar-refractivity contribution in [3.05, 3.63) is 58.5 Å². The minimum atomic E-state index is -0.343. The number of H-pyrrole nitrogens is 1. The van der Waals surface area contributed by atoms with E-state index < -0.39 is 0 Å². The zero-order chi connectivity index (χ0) is 17.4. The number of nitrogens with one attached hydrogen (secondary N) is 2. The maximum atomic E-state index is 13.2. The molecule has 0 atom stereocenters. The molecule has 0 spiro atoms. The second-order valence-electron chi connectivity index (χ2n) is 5.70. The molecule has 4 rings (SSSR count). The molecule has 1 amide bonds. The van der Waals surface area contributed by atoms with Crippen molar-refractivity contribution in [1.29, 1.82) is 0 Å². The summed E-state index contributed by atoms with van der Waals surface area (Å²) in [5.74, 6) is 0.469. The lowest BCUT2D eigenvalue weighted by molar-refractivity contribution is 0.0946. The first kappa shape index (κ1) is 15.8. The minimum absolute atomic E-state index is 0.277. The molecule has 1 aliphatic rings. The van der Waals surface area contributed by atoms with Gasteiger partial charge in [0.1, 0.15) is 24.7 Å². The third kappa shape index (κ3) is 3.13. The standard InChI is InChI=1S/C18H14ClFN2O3/c19-13-5-10(6-16-17(13)25-4-3-24-16)9-21-18(23)15-8-11-7-12(20)1-2-14(11)22-15/h1-2,5-8,22H,3-4,9H2,(H,21,23). The van der Waals surface area contributed by atoms with Crippen LogP contribution in [0.2, 0.25) is 5.02 Å². The zero-order valence-corrected chi connectivity index (χ0v) is 13.8. The SMILES string of the molecule is O=C(NCc1cc(Cl)c2c(c1)OCCO2)c1cc2cc(F)ccc2[nH]1. The van der Waals surface area contributed by atoms with E-state index in [4.69, 9.17) is 21.1 Å². The van der Waals surface area contributed by atoms with Gasteiger partial charge in [-0.3, -0.25) is 4.79 Å². The summed E-state index contributed by atoms with van der Waals surface area (Å²) in [5, 5.41) is 3.90. The molecule has 128 valence electrons. The molecule has 0 saturated heterocycles. The molecule has 0 unspecified atom stereocenters. The molecular weight excluding hydrogens is 347 g/mol. The van der Waals surface area contributed by atoms with Crippen LogP contribution in [-0.4, -0.2) is 24.1 Å². The van der Waals surface area contributed by atoms with Gasteiger partial charge >= 0.3 is 0 Å². The van der Waals surface area contributed by atoms with Crippen molar-refractivity contribution in [3.8, 4) is 11.5 Å². The van der Waals surface area contributed by atoms with Gasteiger partial charge in [-0.25, -0.2) is 4.39 Å². The Morgan fingerprint density at radius 2 is 2.04 bits per heavy atom. The Labute approximate surface area is 147 Å². The van der Waals surface area contributed by atoms with Crippen molar-refractivity contribution in [2.24, 2.45) is 0 Å². The highest BCUT2D eigenvalue weighted by Crippen LogP contribution is 2.38. The second kappa shape index (κ2) is 6.29. The average molecular weight is 361 g/mol. The Balaban J connectivity index is 1.50. The predicted molar refractivity (Wildman–Crippen MR) is 91.9 cm³/mol. The Kier molecular flexibility index (Phi) is 3.97. The molecule has 0 bridgehead atoms. The molecule has 2 heterocycles. The lowest BCUT2D eigenvalue weighted by Gasteiger charge is -2.20. The minimum Gasteiger partial charge on any atom is -0.486 e. The van der Waals surface area contributed by atoms with Crippen molar-refractivity contribution in [2.45, 2.75) is 6.54 Å². The summed E-state index contributed by atoms with van der Waals surface area (Å²) in [6, 6.07) is 9.46. The molecule has 7 heteroatoms. The van der Waals surface area contributed by atoms with E-state index in [1.807, 2.05) is 0 Å².